The highest BCUT2D eigenvalue weighted by atomic mass is 16.7. The normalized spacial score (nSPS) is 21.6. The maximum Gasteiger partial charge on any atom is 0.270 e. The van der Waals surface area contributed by atoms with Crippen molar-refractivity contribution >= 4 is 11.4 Å². The molecule has 0 aliphatic carbocycles. The van der Waals surface area contributed by atoms with Crippen LogP contribution in [0, 0.1) is 10.1 Å². The lowest BCUT2D eigenvalue weighted by Crippen LogP contribution is -2.42. The van der Waals surface area contributed by atoms with Gasteiger partial charge < -0.3 is 9.74 Å². The highest BCUT2D eigenvalue weighted by Crippen LogP contribution is 2.36. The number of hydrogen-bond donors (Lipinski definition) is 0. The van der Waals surface area contributed by atoms with E-state index in [0.29, 0.717) is 0 Å². The Morgan fingerprint density at radius 1 is 1.40 bits per heavy atom. The van der Waals surface area contributed by atoms with Gasteiger partial charge in [-0.1, -0.05) is 17.3 Å². The number of nitro groups is 1. The standard InChI is InChI=1S/C14H17N3O3/c1-16-7-5-14(6-8-16)10-13(15-20-14)11-3-2-4-12(9-11)17(18)19/h2-4,9H,5-8,10H2,1H3. The van der Waals surface area contributed by atoms with Gasteiger partial charge in [-0.3, -0.25) is 10.1 Å². The summed E-state index contributed by atoms with van der Waals surface area (Å²) in [5, 5.41) is 15.0. The minimum Gasteiger partial charge on any atom is -0.388 e. The van der Waals surface area contributed by atoms with Crippen LogP contribution < -0.4 is 0 Å². The lowest BCUT2D eigenvalue weighted by molar-refractivity contribution is -0.384. The minimum atomic E-state index is -0.384. The van der Waals surface area contributed by atoms with Crippen molar-refractivity contribution in [3.63, 3.8) is 0 Å². The van der Waals surface area contributed by atoms with E-state index >= 15 is 0 Å². The third-order valence-electron chi connectivity index (χ3n) is 4.13. The number of benzene rings is 1. The van der Waals surface area contributed by atoms with Crippen LogP contribution in [0.4, 0.5) is 5.69 Å². The molecule has 0 amide bonds. The van der Waals surface area contributed by atoms with E-state index in [1.807, 2.05) is 6.07 Å². The number of nitro benzene ring substituents is 1. The molecule has 2 aliphatic rings. The van der Waals surface area contributed by atoms with Gasteiger partial charge >= 0.3 is 0 Å². The molecule has 1 fully saturated rings. The molecule has 0 bridgehead atoms. The Bertz CT molecular complexity index is 563. The van der Waals surface area contributed by atoms with E-state index in [-0.39, 0.29) is 16.2 Å². The van der Waals surface area contributed by atoms with E-state index in [9.17, 15) is 10.1 Å². The van der Waals surface area contributed by atoms with Gasteiger partial charge in [0.1, 0.15) is 5.60 Å². The molecule has 106 valence electrons. The topological polar surface area (TPSA) is 68.0 Å². The molecular formula is C14H17N3O3. The first-order valence-corrected chi connectivity index (χ1v) is 6.76. The molecular weight excluding hydrogens is 258 g/mol. The van der Waals surface area contributed by atoms with Crippen LogP contribution in [0.25, 0.3) is 0 Å². The van der Waals surface area contributed by atoms with Crippen molar-refractivity contribution in [2.75, 3.05) is 20.1 Å². The van der Waals surface area contributed by atoms with E-state index in [2.05, 4.69) is 17.1 Å². The SMILES string of the molecule is CN1CCC2(CC1)CC(c1cccc([N+](=O)[O-])c1)=NO2. The predicted octanol–water partition coefficient (Wildman–Crippen LogP) is 2.18. The molecule has 0 atom stereocenters. The zero-order chi connectivity index (χ0) is 14.2. The van der Waals surface area contributed by atoms with Gasteiger partial charge in [0, 0.05) is 50.0 Å². The monoisotopic (exact) mass is 275 g/mol. The summed E-state index contributed by atoms with van der Waals surface area (Å²) in [4.78, 5) is 18.4. The third kappa shape index (κ3) is 2.38. The highest BCUT2D eigenvalue weighted by Gasteiger charge is 2.41. The summed E-state index contributed by atoms with van der Waals surface area (Å²) >= 11 is 0. The van der Waals surface area contributed by atoms with Crippen LogP contribution in [0.15, 0.2) is 29.4 Å². The fourth-order valence-corrected chi connectivity index (χ4v) is 2.77. The molecule has 20 heavy (non-hydrogen) atoms. The van der Waals surface area contributed by atoms with Gasteiger partial charge in [-0.25, -0.2) is 0 Å². The van der Waals surface area contributed by atoms with E-state index < -0.39 is 0 Å². The second-order valence-corrected chi connectivity index (χ2v) is 5.60. The molecule has 2 aliphatic heterocycles. The van der Waals surface area contributed by atoms with E-state index in [1.54, 1.807) is 12.1 Å². The van der Waals surface area contributed by atoms with Crippen LogP contribution in [0.2, 0.25) is 0 Å². The number of nitrogens with zero attached hydrogens (tertiary/aromatic N) is 3. The van der Waals surface area contributed by atoms with Gasteiger partial charge in [0.25, 0.3) is 5.69 Å². The summed E-state index contributed by atoms with van der Waals surface area (Å²) < 4.78 is 0. The number of oxime groups is 1. The van der Waals surface area contributed by atoms with E-state index in [1.165, 1.54) is 6.07 Å². The van der Waals surface area contributed by atoms with E-state index in [0.717, 1.165) is 43.6 Å². The molecule has 2 heterocycles. The fourth-order valence-electron chi connectivity index (χ4n) is 2.77. The first-order valence-electron chi connectivity index (χ1n) is 6.76. The first kappa shape index (κ1) is 13.1. The average molecular weight is 275 g/mol. The number of piperidine rings is 1. The second kappa shape index (κ2) is 4.86. The van der Waals surface area contributed by atoms with Crippen LogP contribution >= 0.6 is 0 Å². The minimum absolute atomic E-state index is 0.0922. The Hall–Kier alpha value is -1.95. The molecule has 0 radical (unpaired) electrons. The van der Waals surface area contributed by atoms with Gasteiger partial charge in [-0.05, 0) is 7.05 Å². The summed E-state index contributed by atoms with van der Waals surface area (Å²) in [6.45, 7) is 2.00. The molecule has 0 saturated carbocycles. The lowest BCUT2D eigenvalue weighted by Gasteiger charge is -2.35. The summed E-state index contributed by atoms with van der Waals surface area (Å²) in [6, 6.07) is 6.60. The molecule has 0 N–H and O–H groups in total. The smallest absolute Gasteiger partial charge is 0.270 e. The van der Waals surface area contributed by atoms with Gasteiger partial charge in [-0.15, -0.1) is 0 Å². The number of hydrogen-bond acceptors (Lipinski definition) is 5. The lowest BCUT2D eigenvalue weighted by atomic mass is 9.85. The molecule has 1 saturated heterocycles. The molecule has 6 nitrogen and oxygen atoms in total. The zero-order valence-electron chi connectivity index (χ0n) is 11.4. The number of rotatable bonds is 2. The van der Waals surface area contributed by atoms with Gasteiger partial charge in [0.05, 0.1) is 10.6 Å². The van der Waals surface area contributed by atoms with Crippen LogP contribution in [0.5, 0.6) is 0 Å². The summed E-state index contributed by atoms with van der Waals surface area (Å²) in [5.74, 6) is 0. The Morgan fingerprint density at radius 2 is 2.15 bits per heavy atom. The van der Waals surface area contributed by atoms with Crippen molar-refractivity contribution in [3.05, 3.63) is 39.9 Å². The van der Waals surface area contributed by atoms with Crippen LogP contribution in [-0.4, -0.2) is 41.3 Å². The molecule has 1 spiro atoms. The highest BCUT2D eigenvalue weighted by molar-refractivity contribution is 6.02. The Labute approximate surface area is 117 Å². The van der Waals surface area contributed by atoms with Crippen molar-refractivity contribution in [1.29, 1.82) is 0 Å². The molecule has 0 unspecified atom stereocenters. The zero-order valence-corrected chi connectivity index (χ0v) is 11.4. The van der Waals surface area contributed by atoms with Crippen molar-refractivity contribution in [3.8, 4) is 0 Å². The van der Waals surface area contributed by atoms with Crippen molar-refractivity contribution < 1.29 is 9.76 Å². The quantitative estimate of drug-likeness (QED) is 0.613. The largest absolute Gasteiger partial charge is 0.388 e. The van der Waals surface area contributed by atoms with Gasteiger partial charge in [0.15, 0.2) is 0 Å². The fraction of sp³-hybridized carbons (Fsp3) is 0.500. The molecule has 1 aromatic carbocycles. The third-order valence-corrected chi connectivity index (χ3v) is 4.13. The maximum atomic E-state index is 10.8. The van der Waals surface area contributed by atoms with Crippen LogP contribution in [0.3, 0.4) is 0 Å². The molecule has 3 rings (SSSR count). The van der Waals surface area contributed by atoms with Crippen molar-refractivity contribution in [2.45, 2.75) is 24.9 Å². The summed E-state index contributed by atoms with van der Waals surface area (Å²) in [6.07, 6.45) is 2.64. The number of likely N-dealkylation sites (tertiary alicyclic amines) is 1. The Morgan fingerprint density at radius 3 is 2.85 bits per heavy atom. The molecule has 0 aromatic heterocycles. The van der Waals surface area contributed by atoms with Gasteiger partial charge in [-0.2, -0.15) is 0 Å². The van der Waals surface area contributed by atoms with Crippen LogP contribution in [0.1, 0.15) is 24.8 Å². The number of non-ortho nitro benzene ring substituents is 1. The van der Waals surface area contributed by atoms with Crippen LogP contribution in [-0.2, 0) is 4.84 Å². The maximum absolute atomic E-state index is 10.8. The second-order valence-electron chi connectivity index (χ2n) is 5.60. The average Bonchev–Trinajstić information content (AvgIpc) is 2.87. The Kier molecular flexibility index (Phi) is 3.17. The van der Waals surface area contributed by atoms with Gasteiger partial charge in [0.2, 0.25) is 0 Å². The molecule has 1 aromatic rings. The first-order chi connectivity index (χ1) is 9.58. The van der Waals surface area contributed by atoms with Crippen molar-refractivity contribution in [1.82, 2.24) is 4.90 Å². The summed E-state index contributed by atoms with van der Waals surface area (Å²) in [7, 11) is 2.10. The molecule has 6 heteroatoms. The Balaban J connectivity index is 1.77. The predicted molar refractivity (Wildman–Crippen MR) is 74.8 cm³/mol. The van der Waals surface area contributed by atoms with Crippen molar-refractivity contribution in [2.24, 2.45) is 5.16 Å². The van der Waals surface area contributed by atoms with E-state index in [4.69, 9.17) is 4.84 Å². The summed E-state index contributed by atoms with van der Waals surface area (Å²) in [5.41, 5.74) is 1.50.